The molecule has 0 aliphatic carbocycles. The molecule has 4 nitrogen and oxygen atoms in total. The van der Waals surface area contributed by atoms with Crippen molar-refractivity contribution in [2.24, 2.45) is 0 Å². The van der Waals surface area contributed by atoms with Crippen molar-refractivity contribution in [3.8, 4) is 0 Å². The summed E-state index contributed by atoms with van der Waals surface area (Å²) in [5.41, 5.74) is 0.573. The summed E-state index contributed by atoms with van der Waals surface area (Å²) in [5, 5.41) is 0.490. The molecule has 1 saturated heterocycles. The van der Waals surface area contributed by atoms with Crippen LogP contribution in [0, 0.1) is 5.82 Å². The van der Waals surface area contributed by atoms with E-state index < -0.39 is 0 Å². The summed E-state index contributed by atoms with van der Waals surface area (Å²) in [6.45, 7) is 3.87. The minimum absolute atomic E-state index is 0.240. The molecule has 6 heteroatoms. The number of rotatable bonds is 3. The number of benzene rings is 1. The van der Waals surface area contributed by atoms with Crippen LogP contribution >= 0.6 is 11.6 Å². The van der Waals surface area contributed by atoms with Crippen LogP contribution in [0.5, 0.6) is 0 Å². The number of hydrogen-bond donors (Lipinski definition) is 0. The van der Waals surface area contributed by atoms with E-state index >= 15 is 0 Å². The van der Waals surface area contributed by atoms with Crippen molar-refractivity contribution in [2.75, 3.05) is 31.1 Å². The summed E-state index contributed by atoms with van der Waals surface area (Å²) in [6, 6.07) is 6.62. The van der Waals surface area contributed by atoms with Crippen molar-refractivity contribution in [3.63, 3.8) is 0 Å². The zero-order chi connectivity index (χ0) is 14.7. The lowest BCUT2D eigenvalue weighted by atomic mass is 10.2. The summed E-state index contributed by atoms with van der Waals surface area (Å²) in [6.07, 6.45) is 3.49. The number of nitrogens with zero attached hydrogens (tertiary/aromatic N) is 4. The van der Waals surface area contributed by atoms with E-state index in [1.807, 2.05) is 0 Å². The Balaban J connectivity index is 1.62. The summed E-state index contributed by atoms with van der Waals surface area (Å²) in [7, 11) is 0. The van der Waals surface area contributed by atoms with E-state index in [2.05, 4.69) is 19.8 Å². The highest BCUT2D eigenvalue weighted by Crippen LogP contribution is 2.21. The van der Waals surface area contributed by atoms with Gasteiger partial charge < -0.3 is 4.90 Å². The highest BCUT2D eigenvalue weighted by atomic mass is 35.5. The van der Waals surface area contributed by atoms with Gasteiger partial charge in [0.15, 0.2) is 0 Å². The first-order chi connectivity index (χ1) is 10.2. The maximum Gasteiger partial charge on any atom is 0.225 e. The van der Waals surface area contributed by atoms with Gasteiger partial charge in [-0.05, 0) is 18.2 Å². The molecule has 0 bridgehead atoms. The highest BCUT2D eigenvalue weighted by molar-refractivity contribution is 6.31. The lowest BCUT2D eigenvalue weighted by molar-refractivity contribution is 0.245. The molecule has 0 N–H and O–H groups in total. The first kappa shape index (κ1) is 14.2. The van der Waals surface area contributed by atoms with Gasteiger partial charge in [-0.25, -0.2) is 14.4 Å². The second-order valence-corrected chi connectivity index (χ2v) is 5.42. The van der Waals surface area contributed by atoms with E-state index in [-0.39, 0.29) is 5.82 Å². The van der Waals surface area contributed by atoms with Gasteiger partial charge >= 0.3 is 0 Å². The molecule has 1 aliphatic rings. The van der Waals surface area contributed by atoms with E-state index in [0.717, 1.165) is 32.1 Å². The van der Waals surface area contributed by atoms with Gasteiger partial charge in [-0.2, -0.15) is 0 Å². The lowest BCUT2D eigenvalue weighted by Gasteiger charge is -2.34. The maximum atomic E-state index is 13.8. The van der Waals surface area contributed by atoms with Crippen LogP contribution in [0.3, 0.4) is 0 Å². The Labute approximate surface area is 128 Å². The number of halogens is 2. The minimum Gasteiger partial charge on any atom is -0.338 e. The SMILES string of the molecule is Fc1cccc(Cl)c1CN1CCN(c2ncccn2)CC1. The van der Waals surface area contributed by atoms with Crippen molar-refractivity contribution >= 4 is 17.5 Å². The molecule has 0 spiro atoms. The van der Waals surface area contributed by atoms with Gasteiger partial charge in [-0.3, -0.25) is 4.90 Å². The zero-order valence-corrected chi connectivity index (χ0v) is 12.3. The van der Waals surface area contributed by atoms with Crippen LogP contribution in [0.15, 0.2) is 36.7 Å². The summed E-state index contributed by atoms with van der Waals surface area (Å²) >= 11 is 6.08. The molecule has 0 unspecified atom stereocenters. The number of piperazine rings is 1. The molecule has 0 amide bonds. The molecule has 2 heterocycles. The van der Waals surface area contributed by atoms with Crippen molar-refractivity contribution in [2.45, 2.75) is 6.54 Å². The molecule has 1 aromatic heterocycles. The fourth-order valence-electron chi connectivity index (χ4n) is 2.47. The largest absolute Gasteiger partial charge is 0.338 e. The molecular weight excluding hydrogens is 291 g/mol. The van der Waals surface area contributed by atoms with Crippen LogP contribution in [-0.4, -0.2) is 41.0 Å². The molecule has 1 aromatic carbocycles. The molecule has 21 heavy (non-hydrogen) atoms. The fourth-order valence-corrected chi connectivity index (χ4v) is 2.69. The zero-order valence-electron chi connectivity index (χ0n) is 11.5. The van der Waals surface area contributed by atoms with Crippen LogP contribution in [-0.2, 0) is 6.54 Å². The van der Waals surface area contributed by atoms with Crippen LogP contribution in [0.25, 0.3) is 0 Å². The Morgan fingerprint density at radius 2 is 1.76 bits per heavy atom. The molecular formula is C15H16ClFN4. The minimum atomic E-state index is -0.240. The average Bonchev–Trinajstić information content (AvgIpc) is 2.53. The van der Waals surface area contributed by atoms with E-state index in [9.17, 15) is 4.39 Å². The monoisotopic (exact) mass is 306 g/mol. The van der Waals surface area contributed by atoms with Gasteiger partial charge in [0.2, 0.25) is 5.95 Å². The van der Waals surface area contributed by atoms with Crippen molar-refractivity contribution in [3.05, 3.63) is 53.1 Å². The van der Waals surface area contributed by atoms with Crippen molar-refractivity contribution in [1.82, 2.24) is 14.9 Å². The predicted octanol–water partition coefficient (Wildman–Crippen LogP) is 2.59. The smallest absolute Gasteiger partial charge is 0.225 e. The Morgan fingerprint density at radius 1 is 1.05 bits per heavy atom. The van der Waals surface area contributed by atoms with Gasteiger partial charge in [0.1, 0.15) is 5.82 Å². The third-order valence-electron chi connectivity index (χ3n) is 3.65. The molecule has 0 atom stereocenters. The van der Waals surface area contributed by atoms with Gasteiger partial charge in [-0.1, -0.05) is 17.7 Å². The van der Waals surface area contributed by atoms with E-state index in [0.29, 0.717) is 17.1 Å². The van der Waals surface area contributed by atoms with Crippen LogP contribution in [0.2, 0.25) is 5.02 Å². The molecule has 2 aromatic rings. The van der Waals surface area contributed by atoms with Crippen molar-refractivity contribution in [1.29, 1.82) is 0 Å². The average molecular weight is 307 g/mol. The fraction of sp³-hybridized carbons (Fsp3) is 0.333. The molecule has 0 radical (unpaired) electrons. The van der Waals surface area contributed by atoms with Crippen LogP contribution < -0.4 is 4.90 Å². The highest BCUT2D eigenvalue weighted by Gasteiger charge is 2.20. The van der Waals surface area contributed by atoms with Gasteiger partial charge in [0.05, 0.1) is 0 Å². The van der Waals surface area contributed by atoms with E-state index in [4.69, 9.17) is 11.6 Å². The van der Waals surface area contributed by atoms with E-state index in [1.165, 1.54) is 6.07 Å². The lowest BCUT2D eigenvalue weighted by Crippen LogP contribution is -2.46. The van der Waals surface area contributed by atoms with Gasteiger partial charge in [0.25, 0.3) is 0 Å². The Morgan fingerprint density at radius 3 is 2.43 bits per heavy atom. The standard InChI is InChI=1S/C15H16ClFN4/c16-13-3-1-4-14(17)12(13)11-20-7-9-21(10-8-20)15-18-5-2-6-19-15/h1-6H,7-11H2. The van der Waals surface area contributed by atoms with E-state index in [1.54, 1.807) is 30.6 Å². The second-order valence-electron chi connectivity index (χ2n) is 5.01. The third-order valence-corrected chi connectivity index (χ3v) is 4.00. The molecule has 1 aliphatic heterocycles. The first-order valence-electron chi connectivity index (χ1n) is 6.91. The Kier molecular flexibility index (Phi) is 4.31. The third kappa shape index (κ3) is 3.31. The second kappa shape index (κ2) is 6.37. The molecule has 1 fully saturated rings. The molecule has 110 valence electrons. The first-order valence-corrected chi connectivity index (χ1v) is 7.29. The topological polar surface area (TPSA) is 32.3 Å². The summed E-state index contributed by atoms with van der Waals surface area (Å²) < 4.78 is 13.8. The van der Waals surface area contributed by atoms with Crippen LogP contribution in [0.4, 0.5) is 10.3 Å². The normalized spacial score (nSPS) is 16.2. The number of hydrogen-bond acceptors (Lipinski definition) is 4. The molecule has 0 saturated carbocycles. The number of aromatic nitrogens is 2. The number of anilines is 1. The van der Waals surface area contributed by atoms with Gasteiger partial charge in [0, 0.05) is 55.7 Å². The quantitative estimate of drug-likeness (QED) is 0.872. The predicted molar refractivity (Wildman–Crippen MR) is 80.9 cm³/mol. The summed E-state index contributed by atoms with van der Waals surface area (Å²) in [5.74, 6) is 0.511. The molecule has 3 rings (SSSR count). The maximum absolute atomic E-state index is 13.8. The Bertz CT molecular complexity index is 580. The summed E-state index contributed by atoms with van der Waals surface area (Å²) in [4.78, 5) is 12.8. The Hall–Kier alpha value is -1.72. The van der Waals surface area contributed by atoms with Gasteiger partial charge in [-0.15, -0.1) is 0 Å². The van der Waals surface area contributed by atoms with Crippen LogP contribution in [0.1, 0.15) is 5.56 Å². The van der Waals surface area contributed by atoms with Crippen molar-refractivity contribution < 1.29 is 4.39 Å².